The number of methoxy groups -OCH3 is 1. The molecule has 1 saturated heterocycles. The summed E-state index contributed by atoms with van der Waals surface area (Å²) < 4.78 is 38.9. The summed E-state index contributed by atoms with van der Waals surface area (Å²) in [5.41, 5.74) is 0.276. The van der Waals surface area contributed by atoms with E-state index in [2.05, 4.69) is 20.8 Å². The minimum absolute atomic E-state index is 0.0534. The molecule has 152 valence electrons. The number of anilines is 1. The third kappa shape index (κ3) is 4.60. The second-order valence-corrected chi connectivity index (χ2v) is 8.68. The Labute approximate surface area is 166 Å². The van der Waals surface area contributed by atoms with E-state index in [0.717, 1.165) is 11.8 Å². The Hall–Kier alpha value is -2.22. The number of aromatic nitrogens is 4. The normalized spacial score (nSPS) is 15.4. The number of hydrogen-bond donors (Lipinski definition) is 1. The van der Waals surface area contributed by atoms with Crippen LogP contribution in [-0.2, 0) is 26.6 Å². The molecule has 1 N–H and O–H groups in total. The number of thioether (sulfide) groups is 1. The summed E-state index contributed by atoms with van der Waals surface area (Å²) in [7, 11) is -0.572. The van der Waals surface area contributed by atoms with Crippen LogP contribution in [0.4, 0.5) is 5.69 Å². The van der Waals surface area contributed by atoms with E-state index in [-0.39, 0.29) is 22.2 Å². The van der Waals surface area contributed by atoms with Gasteiger partial charge in [-0.15, -0.1) is 5.10 Å². The first kappa shape index (κ1) is 20.5. The predicted octanol–water partition coefficient (Wildman–Crippen LogP) is -0.0296. The number of hydrogen-bond acceptors (Lipinski definition) is 9. The fourth-order valence-corrected chi connectivity index (χ4v) is 4.63. The summed E-state index contributed by atoms with van der Waals surface area (Å²) in [4.78, 5) is 12.4. The Morgan fingerprint density at radius 3 is 2.75 bits per heavy atom. The number of ether oxygens (including phenoxy) is 2. The number of tetrazole rings is 1. The number of nitrogens with zero attached hydrogens (tertiary/aromatic N) is 5. The minimum atomic E-state index is -3.69. The highest BCUT2D eigenvalue weighted by Crippen LogP contribution is 2.29. The fourth-order valence-electron chi connectivity index (χ4n) is 2.54. The monoisotopic (exact) mass is 428 g/mol. The number of sulfonamides is 1. The Balaban J connectivity index is 1.75. The van der Waals surface area contributed by atoms with Gasteiger partial charge in [0.2, 0.25) is 21.1 Å². The van der Waals surface area contributed by atoms with Crippen molar-refractivity contribution in [2.45, 2.75) is 10.1 Å². The molecular formula is C15H20N6O5S2. The van der Waals surface area contributed by atoms with Crippen molar-refractivity contribution in [2.75, 3.05) is 44.5 Å². The number of amides is 1. The van der Waals surface area contributed by atoms with E-state index in [4.69, 9.17) is 9.47 Å². The van der Waals surface area contributed by atoms with Gasteiger partial charge in [-0.25, -0.2) is 13.1 Å². The van der Waals surface area contributed by atoms with Crippen LogP contribution in [0.2, 0.25) is 0 Å². The van der Waals surface area contributed by atoms with Crippen molar-refractivity contribution in [1.82, 2.24) is 24.5 Å². The van der Waals surface area contributed by atoms with Crippen molar-refractivity contribution in [3.8, 4) is 5.75 Å². The highest BCUT2D eigenvalue weighted by Gasteiger charge is 2.27. The van der Waals surface area contributed by atoms with E-state index in [9.17, 15) is 13.2 Å². The Kier molecular flexibility index (Phi) is 6.49. The van der Waals surface area contributed by atoms with Crippen LogP contribution in [0.1, 0.15) is 0 Å². The molecule has 1 fully saturated rings. The molecule has 1 aromatic heterocycles. The van der Waals surface area contributed by atoms with Crippen molar-refractivity contribution in [3.05, 3.63) is 18.2 Å². The molecule has 1 aromatic carbocycles. The van der Waals surface area contributed by atoms with Crippen LogP contribution in [0.15, 0.2) is 28.3 Å². The van der Waals surface area contributed by atoms with Crippen LogP contribution >= 0.6 is 11.8 Å². The molecule has 0 aliphatic carbocycles. The number of carbonyl (C=O) groups excluding carboxylic acids is 1. The highest BCUT2D eigenvalue weighted by atomic mass is 32.2. The lowest BCUT2D eigenvalue weighted by molar-refractivity contribution is -0.113. The number of benzene rings is 1. The van der Waals surface area contributed by atoms with E-state index in [1.54, 1.807) is 7.05 Å². The first-order valence-electron chi connectivity index (χ1n) is 8.33. The van der Waals surface area contributed by atoms with E-state index >= 15 is 0 Å². The van der Waals surface area contributed by atoms with Crippen molar-refractivity contribution in [2.24, 2.45) is 7.05 Å². The molecule has 11 nitrogen and oxygen atoms in total. The van der Waals surface area contributed by atoms with Gasteiger partial charge in [-0.1, -0.05) is 11.8 Å². The average Bonchev–Trinajstić information content (AvgIpc) is 3.12. The highest BCUT2D eigenvalue weighted by molar-refractivity contribution is 7.99. The molecule has 1 aliphatic heterocycles. The molecular weight excluding hydrogens is 408 g/mol. The summed E-state index contributed by atoms with van der Waals surface area (Å²) >= 11 is 1.16. The van der Waals surface area contributed by atoms with Crippen LogP contribution in [0.5, 0.6) is 5.75 Å². The molecule has 1 amide bonds. The average molecular weight is 428 g/mol. The van der Waals surface area contributed by atoms with Crippen LogP contribution < -0.4 is 10.1 Å². The van der Waals surface area contributed by atoms with Crippen LogP contribution in [-0.4, -0.2) is 78.0 Å². The summed E-state index contributed by atoms with van der Waals surface area (Å²) in [5.74, 6) is 0.0736. The lowest BCUT2D eigenvalue weighted by atomic mass is 10.3. The zero-order chi connectivity index (χ0) is 20.1. The molecule has 2 aromatic rings. The van der Waals surface area contributed by atoms with Gasteiger partial charge in [-0.2, -0.15) is 4.31 Å². The van der Waals surface area contributed by atoms with E-state index in [1.165, 1.54) is 34.3 Å². The molecule has 0 saturated carbocycles. The van der Waals surface area contributed by atoms with Gasteiger partial charge in [0.25, 0.3) is 0 Å². The third-order valence-electron chi connectivity index (χ3n) is 3.97. The predicted molar refractivity (Wildman–Crippen MR) is 101 cm³/mol. The maximum atomic E-state index is 12.8. The molecule has 2 heterocycles. The number of aryl methyl sites for hydroxylation is 1. The molecule has 13 heteroatoms. The third-order valence-corrected chi connectivity index (χ3v) is 6.87. The molecule has 0 spiro atoms. The van der Waals surface area contributed by atoms with E-state index in [0.29, 0.717) is 37.2 Å². The summed E-state index contributed by atoms with van der Waals surface area (Å²) in [6, 6.07) is 4.37. The molecule has 0 radical (unpaired) electrons. The van der Waals surface area contributed by atoms with Gasteiger partial charge >= 0.3 is 0 Å². The molecule has 0 atom stereocenters. The largest absolute Gasteiger partial charge is 0.495 e. The minimum Gasteiger partial charge on any atom is -0.495 e. The number of nitrogens with one attached hydrogen (secondary N) is 1. The van der Waals surface area contributed by atoms with E-state index < -0.39 is 10.0 Å². The lowest BCUT2D eigenvalue weighted by Gasteiger charge is -2.26. The molecule has 0 unspecified atom stereocenters. The van der Waals surface area contributed by atoms with E-state index in [1.807, 2.05) is 0 Å². The number of carbonyl (C=O) groups is 1. The van der Waals surface area contributed by atoms with Gasteiger partial charge < -0.3 is 14.8 Å². The Bertz CT molecular complexity index is 942. The standard InChI is InChI=1S/C15H20N6O5S2/c1-20-15(17-18-19-20)27-10-14(22)16-12-9-11(3-4-13(12)25-2)28(23,24)21-5-7-26-8-6-21/h3-4,9H,5-8,10H2,1-2H3,(H,16,22). The number of rotatable bonds is 7. The second kappa shape index (κ2) is 8.86. The molecule has 3 rings (SSSR count). The topological polar surface area (TPSA) is 129 Å². The van der Waals surface area contributed by atoms with Crippen molar-refractivity contribution < 1.29 is 22.7 Å². The van der Waals surface area contributed by atoms with Crippen LogP contribution in [0.25, 0.3) is 0 Å². The SMILES string of the molecule is COc1ccc(S(=O)(=O)N2CCOCC2)cc1NC(=O)CSc1nnnn1C. The Morgan fingerprint density at radius 2 is 2.11 bits per heavy atom. The van der Waals surface area contributed by atoms with Crippen LogP contribution in [0.3, 0.4) is 0 Å². The van der Waals surface area contributed by atoms with Crippen molar-refractivity contribution >= 4 is 33.4 Å². The summed E-state index contributed by atoms with van der Waals surface area (Å²) in [6.07, 6.45) is 0. The first-order chi connectivity index (χ1) is 13.4. The summed E-state index contributed by atoms with van der Waals surface area (Å²) in [5, 5.41) is 14.2. The number of morpholine rings is 1. The van der Waals surface area contributed by atoms with Gasteiger partial charge in [-0.05, 0) is 28.6 Å². The molecule has 1 aliphatic rings. The molecule has 0 bridgehead atoms. The maximum absolute atomic E-state index is 12.8. The maximum Gasteiger partial charge on any atom is 0.243 e. The zero-order valence-electron chi connectivity index (χ0n) is 15.4. The van der Waals surface area contributed by atoms with Gasteiger partial charge in [0.05, 0.1) is 36.7 Å². The van der Waals surface area contributed by atoms with Gasteiger partial charge in [0.15, 0.2) is 0 Å². The van der Waals surface area contributed by atoms with Gasteiger partial charge in [0, 0.05) is 20.1 Å². The van der Waals surface area contributed by atoms with Gasteiger partial charge in [0.1, 0.15) is 5.75 Å². The quantitative estimate of drug-likeness (QED) is 0.604. The first-order valence-corrected chi connectivity index (χ1v) is 10.8. The Morgan fingerprint density at radius 1 is 1.36 bits per heavy atom. The zero-order valence-corrected chi connectivity index (χ0v) is 17.0. The summed E-state index contributed by atoms with van der Waals surface area (Å²) in [6.45, 7) is 1.29. The lowest BCUT2D eigenvalue weighted by Crippen LogP contribution is -2.40. The van der Waals surface area contributed by atoms with Crippen molar-refractivity contribution in [3.63, 3.8) is 0 Å². The smallest absolute Gasteiger partial charge is 0.243 e. The van der Waals surface area contributed by atoms with Crippen LogP contribution in [0, 0.1) is 0 Å². The second-order valence-electron chi connectivity index (χ2n) is 5.80. The van der Waals surface area contributed by atoms with Crippen molar-refractivity contribution in [1.29, 1.82) is 0 Å². The molecule has 28 heavy (non-hydrogen) atoms. The van der Waals surface area contributed by atoms with Gasteiger partial charge in [-0.3, -0.25) is 4.79 Å². The fraction of sp³-hybridized carbons (Fsp3) is 0.467.